The second kappa shape index (κ2) is 8.82. The standard InChI is InChI=1S/C16H30N2O3/c1-8-12(16(20)21)9-13(10(2)3)18(7)15(19)14(17-6)11(4)5/h9-11,13-14,17H,8H2,1-7H3,(H,20,21)/t13-,14+/m1/s1. The van der Waals surface area contributed by atoms with Crippen LogP contribution in [-0.4, -0.2) is 48.1 Å². The van der Waals surface area contributed by atoms with Crippen molar-refractivity contribution in [3.63, 3.8) is 0 Å². The molecule has 0 bridgehead atoms. The Labute approximate surface area is 128 Å². The van der Waals surface area contributed by atoms with E-state index in [-0.39, 0.29) is 29.8 Å². The van der Waals surface area contributed by atoms with Crippen LogP contribution in [0.15, 0.2) is 11.6 Å². The Morgan fingerprint density at radius 1 is 1.19 bits per heavy atom. The van der Waals surface area contributed by atoms with Crippen LogP contribution in [-0.2, 0) is 9.59 Å². The van der Waals surface area contributed by atoms with E-state index in [0.717, 1.165) is 0 Å². The first-order valence-electron chi connectivity index (χ1n) is 7.55. The van der Waals surface area contributed by atoms with Gasteiger partial charge in [0.25, 0.3) is 0 Å². The highest BCUT2D eigenvalue weighted by atomic mass is 16.4. The maximum atomic E-state index is 12.6. The van der Waals surface area contributed by atoms with Crippen molar-refractivity contribution in [2.75, 3.05) is 14.1 Å². The monoisotopic (exact) mass is 298 g/mol. The summed E-state index contributed by atoms with van der Waals surface area (Å²) in [5.41, 5.74) is 0.346. The van der Waals surface area contributed by atoms with E-state index >= 15 is 0 Å². The summed E-state index contributed by atoms with van der Waals surface area (Å²) < 4.78 is 0. The topological polar surface area (TPSA) is 69.6 Å². The summed E-state index contributed by atoms with van der Waals surface area (Å²) >= 11 is 0. The molecule has 0 unspecified atom stereocenters. The van der Waals surface area contributed by atoms with Crippen molar-refractivity contribution < 1.29 is 14.7 Å². The molecule has 122 valence electrons. The van der Waals surface area contributed by atoms with E-state index < -0.39 is 5.97 Å². The highest BCUT2D eigenvalue weighted by molar-refractivity contribution is 5.87. The molecule has 0 aromatic heterocycles. The fraction of sp³-hybridized carbons (Fsp3) is 0.750. The molecule has 0 fully saturated rings. The van der Waals surface area contributed by atoms with Gasteiger partial charge in [-0.15, -0.1) is 0 Å². The molecule has 0 saturated heterocycles. The zero-order valence-corrected chi connectivity index (χ0v) is 14.3. The number of hydrogen-bond acceptors (Lipinski definition) is 3. The second-order valence-electron chi connectivity index (χ2n) is 6.04. The molecule has 0 heterocycles. The normalized spacial score (nSPS) is 15.2. The Morgan fingerprint density at radius 2 is 1.71 bits per heavy atom. The van der Waals surface area contributed by atoms with Gasteiger partial charge in [-0.1, -0.05) is 40.7 Å². The zero-order valence-electron chi connectivity index (χ0n) is 14.3. The minimum atomic E-state index is -0.918. The average Bonchev–Trinajstić information content (AvgIpc) is 2.38. The largest absolute Gasteiger partial charge is 0.478 e. The average molecular weight is 298 g/mol. The molecule has 0 spiro atoms. The molecule has 0 rings (SSSR count). The van der Waals surface area contributed by atoms with Crippen LogP contribution in [0.1, 0.15) is 41.0 Å². The molecule has 0 aliphatic carbocycles. The quantitative estimate of drug-likeness (QED) is 0.674. The molecule has 0 saturated carbocycles. The van der Waals surface area contributed by atoms with E-state index in [1.165, 1.54) is 0 Å². The predicted molar refractivity (Wildman–Crippen MR) is 85.1 cm³/mol. The number of likely N-dealkylation sites (N-methyl/N-ethyl adjacent to an activating group) is 2. The fourth-order valence-electron chi connectivity index (χ4n) is 2.41. The number of nitrogens with one attached hydrogen (secondary N) is 1. The second-order valence-corrected chi connectivity index (χ2v) is 6.04. The van der Waals surface area contributed by atoms with Crippen LogP contribution < -0.4 is 5.32 Å². The molecule has 0 aromatic rings. The Bertz CT molecular complexity index is 389. The predicted octanol–water partition coefficient (Wildman–Crippen LogP) is 2.13. The van der Waals surface area contributed by atoms with Crippen molar-refractivity contribution in [2.24, 2.45) is 11.8 Å². The van der Waals surface area contributed by atoms with Crippen LogP contribution in [0.2, 0.25) is 0 Å². The number of nitrogens with zero attached hydrogens (tertiary/aromatic N) is 1. The highest BCUT2D eigenvalue weighted by Crippen LogP contribution is 2.17. The number of carbonyl (C=O) groups is 2. The van der Waals surface area contributed by atoms with E-state index in [1.54, 1.807) is 25.1 Å². The summed E-state index contributed by atoms with van der Waals surface area (Å²) in [6.45, 7) is 9.76. The maximum Gasteiger partial charge on any atom is 0.331 e. The van der Waals surface area contributed by atoms with Gasteiger partial charge in [-0.3, -0.25) is 4.79 Å². The van der Waals surface area contributed by atoms with Gasteiger partial charge < -0.3 is 15.3 Å². The first-order valence-corrected chi connectivity index (χ1v) is 7.55. The van der Waals surface area contributed by atoms with Crippen molar-refractivity contribution in [2.45, 2.75) is 53.1 Å². The lowest BCUT2D eigenvalue weighted by molar-refractivity contribution is -0.136. The summed E-state index contributed by atoms with van der Waals surface area (Å²) in [4.78, 5) is 25.4. The van der Waals surface area contributed by atoms with Gasteiger partial charge >= 0.3 is 5.97 Å². The number of carboxylic acids is 1. The third-order valence-electron chi connectivity index (χ3n) is 3.75. The number of amides is 1. The first-order chi connectivity index (χ1) is 9.67. The van der Waals surface area contributed by atoms with Gasteiger partial charge in [0.15, 0.2) is 0 Å². The van der Waals surface area contributed by atoms with E-state index in [0.29, 0.717) is 12.0 Å². The Balaban J connectivity index is 5.39. The first kappa shape index (κ1) is 19.6. The minimum Gasteiger partial charge on any atom is -0.478 e. The van der Waals surface area contributed by atoms with Crippen molar-refractivity contribution in [3.05, 3.63) is 11.6 Å². The van der Waals surface area contributed by atoms with Gasteiger partial charge in [-0.2, -0.15) is 0 Å². The molecule has 2 atom stereocenters. The molecule has 0 aliphatic rings. The summed E-state index contributed by atoms with van der Waals surface area (Å²) in [5.74, 6) is -0.613. The third kappa shape index (κ3) is 5.50. The van der Waals surface area contributed by atoms with E-state index in [4.69, 9.17) is 0 Å². The summed E-state index contributed by atoms with van der Waals surface area (Å²) in [6.07, 6.45) is 2.15. The minimum absolute atomic E-state index is 0.0108. The van der Waals surface area contributed by atoms with Gasteiger partial charge in [0.05, 0.1) is 12.1 Å². The lowest BCUT2D eigenvalue weighted by Gasteiger charge is -2.33. The van der Waals surface area contributed by atoms with Crippen molar-refractivity contribution in [3.8, 4) is 0 Å². The smallest absolute Gasteiger partial charge is 0.331 e. The van der Waals surface area contributed by atoms with Crippen LogP contribution >= 0.6 is 0 Å². The zero-order chi connectivity index (χ0) is 16.7. The molecule has 1 amide bonds. The molecule has 0 radical (unpaired) electrons. The number of carbonyl (C=O) groups excluding carboxylic acids is 1. The molecular formula is C16H30N2O3. The van der Waals surface area contributed by atoms with Crippen LogP contribution in [0.5, 0.6) is 0 Å². The maximum absolute atomic E-state index is 12.6. The van der Waals surface area contributed by atoms with Gasteiger partial charge in [0, 0.05) is 12.6 Å². The van der Waals surface area contributed by atoms with Gasteiger partial charge in [-0.25, -0.2) is 4.79 Å². The fourth-order valence-corrected chi connectivity index (χ4v) is 2.41. The molecular weight excluding hydrogens is 268 g/mol. The molecule has 5 nitrogen and oxygen atoms in total. The Hall–Kier alpha value is -1.36. The molecule has 0 aromatic carbocycles. The van der Waals surface area contributed by atoms with Crippen LogP contribution in [0.3, 0.4) is 0 Å². The van der Waals surface area contributed by atoms with Gasteiger partial charge in [0.1, 0.15) is 0 Å². The lowest BCUT2D eigenvalue weighted by atomic mass is 9.96. The number of rotatable bonds is 8. The Morgan fingerprint density at radius 3 is 2.00 bits per heavy atom. The van der Waals surface area contributed by atoms with Crippen LogP contribution in [0.4, 0.5) is 0 Å². The third-order valence-corrected chi connectivity index (χ3v) is 3.75. The van der Waals surface area contributed by atoms with E-state index in [9.17, 15) is 14.7 Å². The lowest BCUT2D eigenvalue weighted by Crippen LogP contribution is -2.51. The summed E-state index contributed by atoms with van der Waals surface area (Å²) in [6, 6.07) is -0.488. The summed E-state index contributed by atoms with van der Waals surface area (Å²) in [5, 5.41) is 12.2. The molecule has 2 N–H and O–H groups in total. The van der Waals surface area contributed by atoms with Gasteiger partial charge in [0.2, 0.25) is 5.91 Å². The van der Waals surface area contributed by atoms with Gasteiger partial charge in [-0.05, 0) is 25.3 Å². The number of aliphatic carboxylic acids is 1. The Kier molecular flexibility index (Phi) is 8.25. The van der Waals surface area contributed by atoms with E-state index in [1.807, 2.05) is 34.6 Å². The molecule has 0 aliphatic heterocycles. The highest BCUT2D eigenvalue weighted by Gasteiger charge is 2.29. The van der Waals surface area contributed by atoms with E-state index in [2.05, 4.69) is 5.32 Å². The van der Waals surface area contributed by atoms with Crippen molar-refractivity contribution >= 4 is 11.9 Å². The van der Waals surface area contributed by atoms with Crippen LogP contribution in [0, 0.1) is 11.8 Å². The van der Waals surface area contributed by atoms with Crippen LogP contribution in [0.25, 0.3) is 0 Å². The SMILES string of the molecule is CCC(=C[C@H](C(C)C)N(C)C(=O)[C@@H](NC)C(C)C)C(=O)O. The number of hydrogen-bond donors (Lipinski definition) is 2. The summed E-state index contributed by atoms with van der Waals surface area (Å²) in [7, 11) is 3.51. The molecule has 5 heteroatoms. The van der Waals surface area contributed by atoms with Crippen molar-refractivity contribution in [1.29, 1.82) is 0 Å². The van der Waals surface area contributed by atoms with Crippen molar-refractivity contribution in [1.82, 2.24) is 10.2 Å². The number of carboxylic acid groups (broad SMARTS) is 1. The molecule has 21 heavy (non-hydrogen) atoms.